The van der Waals surface area contributed by atoms with Gasteiger partial charge in [0.25, 0.3) is 0 Å². The van der Waals surface area contributed by atoms with Gasteiger partial charge < -0.3 is 10.2 Å². The largest absolute Gasteiger partial charge is 0.314 e. The molecule has 0 aromatic carbocycles. The molecule has 0 bridgehead atoms. The Morgan fingerprint density at radius 2 is 2.06 bits per heavy atom. The third kappa shape index (κ3) is 5.87. The first-order valence-corrected chi connectivity index (χ1v) is 7.55. The van der Waals surface area contributed by atoms with Crippen LogP contribution >= 0.6 is 0 Å². The van der Waals surface area contributed by atoms with Crippen molar-refractivity contribution >= 4 is 0 Å². The SMILES string of the molecule is CCCNC1CCCC1CCN(C)CC(C)C. The van der Waals surface area contributed by atoms with Crippen molar-refractivity contribution in [1.29, 1.82) is 0 Å². The summed E-state index contributed by atoms with van der Waals surface area (Å²) in [4.78, 5) is 2.50. The van der Waals surface area contributed by atoms with E-state index in [-0.39, 0.29) is 0 Å². The molecule has 0 radical (unpaired) electrons. The normalized spacial score (nSPS) is 25.1. The molecule has 2 heteroatoms. The predicted molar refractivity (Wildman–Crippen MR) is 76.4 cm³/mol. The molecule has 1 rings (SSSR count). The summed E-state index contributed by atoms with van der Waals surface area (Å²) >= 11 is 0. The summed E-state index contributed by atoms with van der Waals surface area (Å²) in [6.45, 7) is 10.6. The summed E-state index contributed by atoms with van der Waals surface area (Å²) < 4.78 is 0. The molecule has 2 atom stereocenters. The Morgan fingerprint density at radius 1 is 1.29 bits per heavy atom. The molecule has 0 spiro atoms. The van der Waals surface area contributed by atoms with Gasteiger partial charge in [0.1, 0.15) is 0 Å². The van der Waals surface area contributed by atoms with Crippen molar-refractivity contribution in [2.75, 3.05) is 26.7 Å². The Morgan fingerprint density at radius 3 is 2.71 bits per heavy atom. The molecule has 0 aromatic heterocycles. The van der Waals surface area contributed by atoms with Gasteiger partial charge in [-0.25, -0.2) is 0 Å². The first kappa shape index (κ1) is 15.0. The number of nitrogens with one attached hydrogen (secondary N) is 1. The van der Waals surface area contributed by atoms with Crippen LogP contribution in [-0.2, 0) is 0 Å². The van der Waals surface area contributed by atoms with Gasteiger partial charge in [-0.1, -0.05) is 27.2 Å². The van der Waals surface area contributed by atoms with Gasteiger partial charge in [0.15, 0.2) is 0 Å². The fraction of sp³-hybridized carbons (Fsp3) is 1.00. The van der Waals surface area contributed by atoms with Gasteiger partial charge in [0.05, 0.1) is 0 Å². The maximum Gasteiger partial charge on any atom is 0.00958 e. The topological polar surface area (TPSA) is 15.3 Å². The summed E-state index contributed by atoms with van der Waals surface area (Å²) in [5.74, 6) is 1.72. The molecule has 102 valence electrons. The summed E-state index contributed by atoms with van der Waals surface area (Å²) in [7, 11) is 2.27. The van der Waals surface area contributed by atoms with Crippen LogP contribution in [0.1, 0.15) is 52.9 Å². The highest BCUT2D eigenvalue weighted by Crippen LogP contribution is 2.28. The van der Waals surface area contributed by atoms with Crippen molar-refractivity contribution in [3.63, 3.8) is 0 Å². The van der Waals surface area contributed by atoms with E-state index in [4.69, 9.17) is 0 Å². The molecule has 1 aliphatic rings. The minimum Gasteiger partial charge on any atom is -0.314 e. The molecule has 1 saturated carbocycles. The van der Waals surface area contributed by atoms with Gasteiger partial charge in [0.2, 0.25) is 0 Å². The van der Waals surface area contributed by atoms with Gasteiger partial charge in [-0.05, 0) is 57.7 Å². The van der Waals surface area contributed by atoms with E-state index in [1.165, 1.54) is 51.7 Å². The van der Waals surface area contributed by atoms with Crippen molar-refractivity contribution in [1.82, 2.24) is 10.2 Å². The first-order chi connectivity index (χ1) is 8.13. The summed E-state index contributed by atoms with van der Waals surface area (Å²) in [6, 6.07) is 0.808. The first-order valence-electron chi connectivity index (χ1n) is 7.55. The molecule has 1 aliphatic carbocycles. The van der Waals surface area contributed by atoms with Crippen LogP contribution < -0.4 is 5.32 Å². The lowest BCUT2D eigenvalue weighted by atomic mass is 9.99. The van der Waals surface area contributed by atoms with E-state index < -0.39 is 0 Å². The number of hydrogen-bond acceptors (Lipinski definition) is 2. The number of hydrogen-bond donors (Lipinski definition) is 1. The second-order valence-corrected chi connectivity index (χ2v) is 6.20. The van der Waals surface area contributed by atoms with Crippen LogP contribution in [0, 0.1) is 11.8 Å². The molecule has 1 fully saturated rings. The van der Waals surface area contributed by atoms with Crippen molar-refractivity contribution in [3.8, 4) is 0 Å². The summed E-state index contributed by atoms with van der Waals surface area (Å²) in [5.41, 5.74) is 0. The average Bonchev–Trinajstić information content (AvgIpc) is 2.70. The highest BCUT2D eigenvalue weighted by atomic mass is 15.1. The van der Waals surface area contributed by atoms with Crippen LogP contribution in [-0.4, -0.2) is 37.6 Å². The lowest BCUT2D eigenvalue weighted by Crippen LogP contribution is -2.35. The minimum atomic E-state index is 0.789. The molecule has 0 aliphatic heterocycles. The van der Waals surface area contributed by atoms with E-state index >= 15 is 0 Å². The number of rotatable bonds is 8. The second kappa shape index (κ2) is 8.10. The lowest BCUT2D eigenvalue weighted by Gasteiger charge is -2.24. The molecule has 0 amide bonds. The zero-order valence-corrected chi connectivity index (χ0v) is 12.3. The quantitative estimate of drug-likeness (QED) is 0.701. The fourth-order valence-corrected chi connectivity index (χ4v) is 3.08. The fourth-order valence-electron chi connectivity index (χ4n) is 3.08. The van der Waals surface area contributed by atoms with Crippen molar-refractivity contribution < 1.29 is 0 Å². The van der Waals surface area contributed by atoms with Crippen LogP contribution in [0.2, 0.25) is 0 Å². The Balaban J connectivity index is 2.20. The summed E-state index contributed by atoms with van der Waals surface area (Å²) in [6.07, 6.45) is 6.91. The van der Waals surface area contributed by atoms with Crippen molar-refractivity contribution in [2.45, 2.75) is 58.9 Å². The average molecular weight is 240 g/mol. The van der Waals surface area contributed by atoms with E-state index in [0.29, 0.717) is 0 Å². The standard InChI is InChI=1S/C15H32N2/c1-5-10-16-15-8-6-7-14(15)9-11-17(4)12-13(2)3/h13-16H,5-12H2,1-4H3. The smallest absolute Gasteiger partial charge is 0.00958 e. The third-order valence-corrected chi connectivity index (χ3v) is 3.87. The maximum atomic E-state index is 3.73. The Kier molecular flexibility index (Phi) is 7.14. The minimum absolute atomic E-state index is 0.789. The van der Waals surface area contributed by atoms with Gasteiger partial charge in [-0.15, -0.1) is 0 Å². The molecule has 17 heavy (non-hydrogen) atoms. The van der Waals surface area contributed by atoms with Crippen LogP contribution in [0.5, 0.6) is 0 Å². The molecule has 0 aromatic rings. The summed E-state index contributed by atoms with van der Waals surface area (Å²) in [5, 5.41) is 3.73. The highest BCUT2D eigenvalue weighted by Gasteiger charge is 2.26. The van der Waals surface area contributed by atoms with Gasteiger partial charge in [0, 0.05) is 12.6 Å². The monoisotopic (exact) mass is 240 g/mol. The van der Waals surface area contributed by atoms with E-state index in [0.717, 1.165) is 17.9 Å². The van der Waals surface area contributed by atoms with Crippen LogP contribution in [0.15, 0.2) is 0 Å². The van der Waals surface area contributed by atoms with Crippen LogP contribution in [0.3, 0.4) is 0 Å². The highest BCUT2D eigenvalue weighted by molar-refractivity contribution is 4.83. The third-order valence-electron chi connectivity index (χ3n) is 3.87. The Labute approximate surface area is 108 Å². The molecule has 2 nitrogen and oxygen atoms in total. The van der Waals surface area contributed by atoms with E-state index in [1.807, 2.05) is 0 Å². The number of nitrogens with zero attached hydrogens (tertiary/aromatic N) is 1. The van der Waals surface area contributed by atoms with Crippen LogP contribution in [0.4, 0.5) is 0 Å². The molecule has 1 N–H and O–H groups in total. The zero-order valence-electron chi connectivity index (χ0n) is 12.3. The van der Waals surface area contributed by atoms with Gasteiger partial charge in [-0.2, -0.15) is 0 Å². The van der Waals surface area contributed by atoms with E-state index in [9.17, 15) is 0 Å². The van der Waals surface area contributed by atoms with E-state index in [2.05, 4.69) is 38.0 Å². The van der Waals surface area contributed by atoms with Crippen molar-refractivity contribution in [3.05, 3.63) is 0 Å². The van der Waals surface area contributed by atoms with E-state index in [1.54, 1.807) is 0 Å². The van der Waals surface area contributed by atoms with Crippen molar-refractivity contribution in [2.24, 2.45) is 11.8 Å². The maximum absolute atomic E-state index is 3.73. The van der Waals surface area contributed by atoms with Crippen LogP contribution in [0.25, 0.3) is 0 Å². The molecule has 0 saturated heterocycles. The molecular formula is C15H32N2. The second-order valence-electron chi connectivity index (χ2n) is 6.20. The Hall–Kier alpha value is -0.0800. The molecular weight excluding hydrogens is 208 g/mol. The van der Waals surface area contributed by atoms with Gasteiger partial charge >= 0.3 is 0 Å². The Bertz CT molecular complexity index is 191. The predicted octanol–water partition coefficient (Wildman–Crippen LogP) is 3.13. The van der Waals surface area contributed by atoms with Gasteiger partial charge in [-0.3, -0.25) is 0 Å². The molecule has 2 unspecified atom stereocenters. The zero-order chi connectivity index (χ0) is 12.7. The molecule has 0 heterocycles. The lowest BCUT2D eigenvalue weighted by molar-refractivity contribution is 0.258.